The molecular weight excluding hydrogens is 653 g/mol. The molecule has 1 aromatic heterocycles. The summed E-state index contributed by atoms with van der Waals surface area (Å²) in [5.74, 6) is -2.49. The minimum Gasteiger partial charge on any atom is -0.474 e. The van der Waals surface area contributed by atoms with Gasteiger partial charge in [0.2, 0.25) is 5.88 Å². The quantitative estimate of drug-likeness (QED) is 0.156. The fraction of sp³-hybridized carbons (Fsp3) is 0.390. The van der Waals surface area contributed by atoms with E-state index in [1.165, 1.54) is 23.3 Å². The first-order valence-electron chi connectivity index (χ1n) is 17.9. The Morgan fingerprint density at radius 2 is 1.49 bits per heavy atom. The summed E-state index contributed by atoms with van der Waals surface area (Å²) < 4.78 is 55.8. The van der Waals surface area contributed by atoms with Crippen LogP contribution in [0.3, 0.4) is 0 Å². The molecule has 3 heterocycles. The average Bonchev–Trinajstić information content (AvgIpc) is 3.65. The molecule has 0 amide bonds. The Morgan fingerprint density at radius 1 is 0.863 bits per heavy atom. The topological polar surface area (TPSA) is 67.3 Å². The molecule has 51 heavy (non-hydrogen) atoms. The maximum atomic E-state index is 14.5. The summed E-state index contributed by atoms with van der Waals surface area (Å²) in [6.07, 6.45) is 0.560. The zero-order valence-corrected chi connectivity index (χ0v) is 28.8. The number of benzene rings is 3. The van der Waals surface area contributed by atoms with Gasteiger partial charge in [-0.3, -0.25) is 19.6 Å². The molecular formula is C41H43F3N4O3. The summed E-state index contributed by atoms with van der Waals surface area (Å²) >= 11 is 0. The van der Waals surface area contributed by atoms with E-state index in [0.717, 1.165) is 57.9 Å². The molecule has 4 aromatic rings. The van der Waals surface area contributed by atoms with Crippen LogP contribution in [-0.4, -0.2) is 71.9 Å². The summed E-state index contributed by atoms with van der Waals surface area (Å²) in [6.45, 7) is 5.57. The molecule has 2 unspecified atom stereocenters. The number of aromatic nitrogens is 1. The fourth-order valence-corrected chi connectivity index (χ4v) is 7.92. The lowest BCUT2D eigenvalue weighted by atomic mass is 9.74. The average molecular weight is 697 g/mol. The highest BCUT2D eigenvalue weighted by atomic mass is 19.4. The third-order valence-electron chi connectivity index (χ3n) is 10.4. The zero-order chi connectivity index (χ0) is 35.4. The SMILES string of the molecule is CC1=Nc2ccnc(OC3CCCC3)c2C(c2ccccc2C(F)(F)F)C1C(=O)OCCN1CCN(C(c2ccccc2)c2ccccc2)CC1. The number of piperazine rings is 1. The molecule has 7 rings (SSSR count). The largest absolute Gasteiger partial charge is 0.474 e. The maximum Gasteiger partial charge on any atom is 0.416 e. The number of nitrogens with zero attached hydrogens (tertiary/aromatic N) is 4. The van der Waals surface area contributed by atoms with Gasteiger partial charge in [-0.15, -0.1) is 0 Å². The Labute approximate surface area is 297 Å². The van der Waals surface area contributed by atoms with Crippen molar-refractivity contribution < 1.29 is 27.4 Å². The Kier molecular flexibility index (Phi) is 10.5. The van der Waals surface area contributed by atoms with Crippen molar-refractivity contribution in [3.05, 3.63) is 125 Å². The first-order valence-corrected chi connectivity index (χ1v) is 17.9. The van der Waals surface area contributed by atoms with Crippen molar-refractivity contribution >= 4 is 17.4 Å². The van der Waals surface area contributed by atoms with E-state index in [1.807, 2.05) is 12.1 Å². The molecule has 7 nitrogen and oxygen atoms in total. The third kappa shape index (κ3) is 7.72. The molecule has 10 heteroatoms. The van der Waals surface area contributed by atoms with Crippen molar-refractivity contribution in [1.29, 1.82) is 0 Å². The molecule has 0 spiro atoms. The van der Waals surface area contributed by atoms with Gasteiger partial charge in [0.15, 0.2) is 0 Å². The lowest BCUT2D eigenvalue weighted by molar-refractivity contribution is -0.148. The Balaban J connectivity index is 1.08. The van der Waals surface area contributed by atoms with Gasteiger partial charge in [0, 0.05) is 56.1 Å². The molecule has 2 aliphatic heterocycles. The van der Waals surface area contributed by atoms with Crippen LogP contribution in [0, 0.1) is 5.92 Å². The van der Waals surface area contributed by atoms with Gasteiger partial charge in [-0.2, -0.15) is 13.2 Å². The molecule has 0 radical (unpaired) electrons. The number of halogens is 3. The van der Waals surface area contributed by atoms with E-state index in [1.54, 1.807) is 25.3 Å². The number of hydrogen-bond donors (Lipinski definition) is 0. The first kappa shape index (κ1) is 34.9. The summed E-state index contributed by atoms with van der Waals surface area (Å²) in [5.41, 5.74) is 2.92. The fourth-order valence-electron chi connectivity index (χ4n) is 7.92. The first-order chi connectivity index (χ1) is 24.8. The highest BCUT2D eigenvalue weighted by Crippen LogP contribution is 2.50. The van der Waals surface area contributed by atoms with Crippen LogP contribution in [0.25, 0.3) is 0 Å². The van der Waals surface area contributed by atoms with Crippen molar-refractivity contribution in [2.45, 2.75) is 56.8 Å². The molecule has 1 saturated carbocycles. The third-order valence-corrected chi connectivity index (χ3v) is 10.4. The molecule has 1 aliphatic carbocycles. The summed E-state index contributed by atoms with van der Waals surface area (Å²) in [7, 11) is 0. The van der Waals surface area contributed by atoms with Crippen molar-refractivity contribution in [3.8, 4) is 5.88 Å². The molecule has 2 atom stereocenters. The second kappa shape index (κ2) is 15.4. The van der Waals surface area contributed by atoms with E-state index in [0.29, 0.717) is 23.5 Å². The predicted molar refractivity (Wildman–Crippen MR) is 190 cm³/mol. The van der Waals surface area contributed by atoms with Gasteiger partial charge in [0.05, 0.1) is 17.3 Å². The maximum absolute atomic E-state index is 14.5. The van der Waals surface area contributed by atoms with E-state index in [-0.39, 0.29) is 30.2 Å². The number of ether oxygens (including phenoxy) is 2. The van der Waals surface area contributed by atoms with Crippen molar-refractivity contribution in [2.75, 3.05) is 39.3 Å². The minimum atomic E-state index is -4.63. The summed E-state index contributed by atoms with van der Waals surface area (Å²) in [5, 5.41) is 0. The number of carbonyl (C=O) groups excluding carboxylic acids is 1. The molecule has 0 N–H and O–H groups in total. The predicted octanol–water partition coefficient (Wildman–Crippen LogP) is 8.23. The highest BCUT2D eigenvalue weighted by Gasteiger charge is 2.45. The Bertz CT molecular complexity index is 1780. The number of fused-ring (bicyclic) bond motifs is 1. The number of alkyl halides is 3. The number of pyridine rings is 1. The van der Waals surface area contributed by atoms with Crippen LogP contribution in [0.15, 0.2) is 102 Å². The van der Waals surface area contributed by atoms with Gasteiger partial charge in [-0.25, -0.2) is 4.98 Å². The van der Waals surface area contributed by atoms with Crippen LogP contribution in [0.4, 0.5) is 18.9 Å². The van der Waals surface area contributed by atoms with E-state index in [2.05, 4.69) is 63.3 Å². The molecule has 3 aromatic carbocycles. The summed E-state index contributed by atoms with van der Waals surface area (Å²) in [6, 6.07) is 28.2. The molecule has 2 fully saturated rings. The molecule has 266 valence electrons. The normalized spacial score (nSPS) is 20.2. The van der Waals surface area contributed by atoms with Crippen molar-refractivity contribution in [3.63, 3.8) is 0 Å². The molecule has 1 saturated heterocycles. The number of rotatable bonds is 10. The van der Waals surface area contributed by atoms with Gasteiger partial charge >= 0.3 is 12.1 Å². The molecule has 3 aliphatic rings. The van der Waals surface area contributed by atoms with Gasteiger partial charge in [-0.05, 0) is 61.4 Å². The van der Waals surface area contributed by atoms with E-state index >= 15 is 0 Å². The standard InChI is InChI=1S/C41H43F3N4O3/c1-28-35(40(49)50-27-26-47-22-24-48(25-23-47)38(29-12-4-2-5-13-29)30-14-6-3-7-15-30)36(32-18-10-11-19-33(32)41(42,43)44)37-34(46-28)20-21-45-39(37)51-31-16-8-9-17-31/h2-7,10-15,18-21,31,35-36,38H,8-9,16-17,22-27H2,1H3. The number of aliphatic imine (C=N–C) groups is 1. The van der Waals surface area contributed by atoms with Gasteiger partial charge in [0.1, 0.15) is 18.6 Å². The lowest BCUT2D eigenvalue weighted by Gasteiger charge is -2.39. The Morgan fingerprint density at radius 3 is 2.14 bits per heavy atom. The van der Waals surface area contributed by atoms with E-state index in [9.17, 15) is 18.0 Å². The minimum absolute atomic E-state index is 0.0192. The van der Waals surface area contributed by atoms with Gasteiger partial charge in [-0.1, -0.05) is 78.9 Å². The smallest absolute Gasteiger partial charge is 0.416 e. The van der Waals surface area contributed by atoms with Crippen LogP contribution in [0.1, 0.15) is 72.4 Å². The number of hydrogen-bond acceptors (Lipinski definition) is 7. The number of carbonyl (C=O) groups is 1. The zero-order valence-electron chi connectivity index (χ0n) is 28.8. The number of esters is 1. The van der Waals surface area contributed by atoms with Crippen LogP contribution in [0.2, 0.25) is 0 Å². The van der Waals surface area contributed by atoms with Crippen LogP contribution in [0.5, 0.6) is 5.88 Å². The second-order valence-electron chi connectivity index (χ2n) is 13.6. The second-order valence-corrected chi connectivity index (χ2v) is 13.6. The van der Waals surface area contributed by atoms with Crippen LogP contribution < -0.4 is 4.74 Å². The van der Waals surface area contributed by atoms with Gasteiger partial charge < -0.3 is 9.47 Å². The molecule has 0 bridgehead atoms. The van der Waals surface area contributed by atoms with Gasteiger partial charge in [0.25, 0.3) is 0 Å². The van der Waals surface area contributed by atoms with E-state index in [4.69, 9.17) is 14.5 Å². The van der Waals surface area contributed by atoms with Crippen LogP contribution in [-0.2, 0) is 15.7 Å². The van der Waals surface area contributed by atoms with Crippen LogP contribution >= 0.6 is 0 Å². The summed E-state index contributed by atoms with van der Waals surface area (Å²) in [4.78, 5) is 28.0. The van der Waals surface area contributed by atoms with E-state index < -0.39 is 29.5 Å². The highest BCUT2D eigenvalue weighted by molar-refractivity contribution is 6.05. The lowest BCUT2D eigenvalue weighted by Crippen LogP contribution is -2.48. The van der Waals surface area contributed by atoms with Crippen molar-refractivity contribution in [1.82, 2.24) is 14.8 Å². The van der Waals surface area contributed by atoms with Crippen molar-refractivity contribution in [2.24, 2.45) is 10.9 Å². The monoisotopic (exact) mass is 696 g/mol. The Hall–Kier alpha value is -4.54.